The van der Waals surface area contributed by atoms with Crippen LogP contribution in [0.25, 0.3) is 0 Å². The second-order valence-corrected chi connectivity index (χ2v) is 9.24. The van der Waals surface area contributed by atoms with E-state index in [1.54, 1.807) is 18.6 Å². The number of benzene rings is 1. The molecule has 174 valence electrons. The van der Waals surface area contributed by atoms with Crippen molar-refractivity contribution in [2.75, 3.05) is 25.1 Å². The van der Waals surface area contributed by atoms with Gasteiger partial charge in [0.2, 0.25) is 0 Å². The van der Waals surface area contributed by atoms with Gasteiger partial charge in [-0.2, -0.15) is 0 Å². The molecule has 2 aromatic heterocycles. The van der Waals surface area contributed by atoms with Crippen molar-refractivity contribution in [3.05, 3.63) is 83.5 Å². The first kappa shape index (κ1) is 23.6. The summed E-state index contributed by atoms with van der Waals surface area (Å²) >= 11 is 0. The topological polar surface area (TPSA) is 51.1 Å². The van der Waals surface area contributed by atoms with Crippen LogP contribution in [0.15, 0.2) is 55.0 Å². The van der Waals surface area contributed by atoms with E-state index in [9.17, 15) is 4.39 Å². The van der Waals surface area contributed by atoms with Crippen LogP contribution in [0.2, 0.25) is 0 Å². The van der Waals surface area contributed by atoms with Gasteiger partial charge in [0.25, 0.3) is 0 Å². The minimum absolute atomic E-state index is 0. The van der Waals surface area contributed by atoms with Gasteiger partial charge in [-0.05, 0) is 60.9 Å². The van der Waals surface area contributed by atoms with Crippen LogP contribution < -0.4 is 4.90 Å². The summed E-state index contributed by atoms with van der Waals surface area (Å²) in [6.07, 6.45) is 9.18. The molecule has 33 heavy (non-hydrogen) atoms. The van der Waals surface area contributed by atoms with E-state index < -0.39 is 0 Å². The third-order valence-corrected chi connectivity index (χ3v) is 6.86. The molecule has 1 aliphatic carbocycles. The molecule has 0 unspecified atom stereocenters. The molecule has 7 heteroatoms. The van der Waals surface area contributed by atoms with E-state index in [4.69, 9.17) is 9.72 Å². The molecule has 1 atom stereocenters. The summed E-state index contributed by atoms with van der Waals surface area (Å²) < 4.78 is 19.3. The first-order valence-corrected chi connectivity index (χ1v) is 11.3. The number of methoxy groups -OCH3 is 1. The molecule has 5 rings (SSSR count). The Morgan fingerprint density at radius 2 is 1.82 bits per heavy atom. The van der Waals surface area contributed by atoms with Crippen molar-refractivity contribution in [3.8, 4) is 0 Å². The smallest absolute Gasteiger partial charge is 0.123 e. The number of nitrogens with zero attached hydrogens (tertiary/aromatic N) is 4. The van der Waals surface area contributed by atoms with E-state index in [1.165, 1.54) is 30.7 Å². The zero-order chi connectivity index (χ0) is 22.1. The van der Waals surface area contributed by atoms with Crippen molar-refractivity contribution >= 4 is 18.1 Å². The van der Waals surface area contributed by atoms with Gasteiger partial charge in [0.1, 0.15) is 11.4 Å². The highest BCUT2D eigenvalue weighted by molar-refractivity contribution is 5.85. The molecule has 1 aromatic carbocycles. The summed E-state index contributed by atoms with van der Waals surface area (Å²) in [6.45, 7) is 4.02. The lowest BCUT2D eigenvalue weighted by Crippen LogP contribution is -2.64. The van der Waals surface area contributed by atoms with Gasteiger partial charge in [-0.3, -0.25) is 15.0 Å². The standard InChI is InChI=1S/C26H29FN4O.ClH/c1-18(19-3-7-21(27)8-4-19)11-22-13-25(31-16-26(17-31,32-2)20-5-6-20)14-23(30-22)12-24-15-28-9-10-29-24;/h3-4,7-10,13-15,18,20H,5-6,11-12,16-17H2,1-2H3;1H/t18-;/m1./s1. The van der Waals surface area contributed by atoms with Crippen molar-refractivity contribution in [1.29, 1.82) is 0 Å². The van der Waals surface area contributed by atoms with Crippen molar-refractivity contribution in [2.24, 2.45) is 5.92 Å². The highest BCUT2D eigenvalue weighted by atomic mass is 35.5. The number of ether oxygens (including phenoxy) is 1. The van der Waals surface area contributed by atoms with Gasteiger partial charge in [0.05, 0.1) is 5.69 Å². The molecule has 0 radical (unpaired) electrons. The fourth-order valence-corrected chi connectivity index (χ4v) is 4.79. The van der Waals surface area contributed by atoms with Crippen LogP contribution in [0.5, 0.6) is 0 Å². The molecule has 1 aliphatic heterocycles. The molecule has 5 nitrogen and oxygen atoms in total. The fourth-order valence-electron chi connectivity index (χ4n) is 4.79. The Hall–Kier alpha value is -2.57. The highest BCUT2D eigenvalue weighted by Gasteiger charge is 2.53. The summed E-state index contributed by atoms with van der Waals surface area (Å²) in [7, 11) is 1.84. The Labute approximate surface area is 200 Å². The summed E-state index contributed by atoms with van der Waals surface area (Å²) in [5.41, 5.74) is 5.25. The molecular weight excluding hydrogens is 439 g/mol. The molecule has 0 spiro atoms. The third-order valence-electron chi connectivity index (χ3n) is 6.86. The van der Waals surface area contributed by atoms with Gasteiger partial charge in [-0.25, -0.2) is 4.39 Å². The van der Waals surface area contributed by atoms with Crippen molar-refractivity contribution in [1.82, 2.24) is 15.0 Å². The minimum atomic E-state index is -0.206. The average Bonchev–Trinajstić information content (AvgIpc) is 3.60. The third kappa shape index (κ3) is 5.17. The molecule has 3 heterocycles. The van der Waals surface area contributed by atoms with E-state index >= 15 is 0 Å². The zero-order valence-corrected chi connectivity index (χ0v) is 19.9. The lowest BCUT2D eigenvalue weighted by molar-refractivity contribution is -0.0510. The number of rotatable bonds is 8. The summed E-state index contributed by atoms with van der Waals surface area (Å²) in [4.78, 5) is 16.0. The van der Waals surface area contributed by atoms with Gasteiger partial charge in [0.15, 0.2) is 0 Å². The second-order valence-electron chi connectivity index (χ2n) is 9.24. The molecule has 0 bridgehead atoms. The number of anilines is 1. The Balaban J connectivity index is 0.00000259. The number of hydrogen-bond acceptors (Lipinski definition) is 5. The van der Waals surface area contributed by atoms with E-state index in [2.05, 4.69) is 33.9 Å². The number of halogens is 2. The van der Waals surface area contributed by atoms with Crippen LogP contribution in [0, 0.1) is 11.7 Å². The molecule has 2 aliphatic rings. The molecule has 0 N–H and O–H groups in total. The zero-order valence-electron chi connectivity index (χ0n) is 19.1. The Morgan fingerprint density at radius 3 is 2.45 bits per heavy atom. The quantitative estimate of drug-likeness (QED) is 0.466. The van der Waals surface area contributed by atoms with Crippen LogP contribution in [0.1, 0.15) is 48.3 Å². The number of pyridine rings is 1. The normalized spacial score (nSPS) is 17.7. The summed E-state index contributed by atoms with van der Waals surface area (Å²) in [5.74, 6) is 0.730. The lowest BCUT2D eigenvalue weighted by atomic mass is 9.87. The van der Waals surface area contributed by atoms with Gasteiger partial charge >= 0.3 is 0 Å². The van der Waals surface area contributed by atoms with Gasteiger partial charge in [0, 0.05) is 62.3 Å². The first-order valence-electron chi connectivity index (χ1n) is 11.3. The van der Waals surface area contributed by atoms with E-state index in [0.29, 0.717) is 12.3 Å². The van der Waals surface area contributed by atoms with Gasteiger partial charge in [-0.1, -0.05) is 19.1 Å². The van der Waals surface area contributed by atoms with Crippen molar-refractivity contribution in [3.63, 3.8) is 0 Å². The van der Waals surface area contributed by atoms with Crippen LogP contribution in [0.4, 0.5) is 10.1 Å². The predicted molar refractivity (Wildman–Crippen MR) is 130 cm³/mol. The molecule has 3 aromatic rings. The molecular formula is C26H30ClFN4O. The maximum Gasteiger partial charge on any atom is 0.123 e. The van der Waals surface area contributed by atoms with E-state index in [1.807, 2.05) is 19.2 Å². The van der Waals surface area contributed by atoms with E-state index in [0.717, 1.165) is 42.2 Å². The van der Waals surface area contributed by atoms with Crippen molar-refractivity contribution < 1.29 is 9.13 Å². The minimum Gasteiger partial charge on any atom is -0.374 e. The first-order chi connectivity index (χ1) is 15.5. The second kappa shape index (κ2) is 9.74. The number of aromatic nitrogens is 3. The number of hydrogen-bond donors (Lipinski definition) is 0. The Kier molecular flexibility index (Phi) is 6.96. The Morgan fingerprint density at radius 1 is 1.09 bits per heavy atom. The highest BCUT2D eigenvalue weighted by Crippen LogP contribution is 2.47. The maximum absolute atomic E-state index is 13.3. The lowest BCUT2D eigenvalue weighted by Gasteiger charge is -2.51. The van der Waals surface area contributed by atoms with Gasteiger partial charge < -0.3 is 9.64 Å². The average molecular weight is 469 g/mol. The SMILES string of the molecule is COC1(C2CC2)CN(c2cc(Cc3cnccn3)nc(C[C@@H](C)c3ccc(F)cc3)c2)C1.Cl. The molecule has 1 saturated heterocycles. The van der Waals surface area contributed by atoms with Gasteiger partial charge in [-0.15, -0.1) is 12.4 Å². The summed E-state index contributed by atoms with van der Waals surface area (Å²) in [5, 5.41) is 0. The van der Waals surface area contributed by atoms with E-state index in [-0.39, 0.29) is 29.7 Å². The van der Waals surface area contributed by atoms with Crippen LogP contribution >= 0.6 is 12.4 Å². The predicted octanol–water partition coefficient (Wildman–Crippen LogP) is 4.98. The molecule has 2 fully saturated rings. The van der Waals surface area contributed by atoms with Crippen LogP contribution in [-0.4, -0.2) is 40.8 Å². The molecule has 0 amide bonds. The van der Waals surface area contributed by atoms with Crippen LogP contribution in [0.3, 0.4) is 0 Å². The summed E-state index contributed by atoms with van der Waals surface area (Å²) in [6, 6.07) is 11.2. The van der Waals surface area contributed by atoms with Crippen LogP contribution in [-0.2, 0) is 17.6 Å². The maximum atomic E-state index is 13.3. The Bertz CT molecular complexity index is 1070. The largest absolute Gasteiger partial charge is 0.374 e. The monoisotopic (exact) mass is 468 g/mol. The molecule has 1 saturated carbocycles. The fraction of sp³-hybridized carbons (Fsp3) is 0.423. The van der Waals surface area contributed by atoms with Crippen molar-refractivity contribution in [2.45, 2.75) is 44.1 Å².